The Bertz CT molecular complexity index is 548. The summed E-state index contributed by atoms with van der Waals surface area (Å²) in [5.41, 5.74) is 1.50. The molecule has 0 aliphatic rings. The fraction of sp³-hybridized carbons (Fsp3) is 0.200. The van der Waals surface area contributed by atoms with Crippen LogP contribution in [0.3, 0.4) is 0 Å². The van der Waals surface area contributed by atoms with Crippen LogP contribution in [0.1, 0.15) is 5.56 Å². The summed E-state index contributed by atoms with van der Waals surface area (Å²) < 4.78 is 23.3. The lowest BCUT2D eigenvalue weighted by Crippen LogP contribution is -2.00. The molecule has 0 saturated heterocycles. The van der Waals surface area contributed by atoms with E-state index >= 15 is 0 Å². The number of nitrogens with one attached hydrogen (secondary N) is 1. The molecule has 0 bridgehead atoms. The fourth-order valence-corrected chi connectivity index (χ4v) is 1.83. The average Bonchev–Trinajstić information content (AvgIpc) is 2.45. The van der Waals surface area contributed by atoms with Gasteiger partial charge in [-0.2, -0.15) is 0 Å². The number of hydrogen-bond acceptors (Lipinski definition) is 4. The molecule has 2 aromatic carbocycles. The van der Waals surface area contributed by atoms with Crippen molar-refractivity contribution in [3.63, 3.8) is 0 Å². The van der Waals surface area contributed by atoms with Gasteiger partial charge in [0.1, 0.15) is 0 Å². The lowest BCUT2D eigenvalue weighted by atomic mass is 10.2. The van der Waals surface area contributed by atoms with E-state index < -0.39 is 5.82 Å². The van der Waals surface area contributed by atoms with Crippen LogP contribution in [-0.2, 0) is 6.54 Å². The van der Waals surface area contributed by atoms with Gasteiger partial charge in [-0.3, -0.25) is 0 Å². The summed E-state index contributed by atoms with van der Waals surface area (Å²) in [5, 5.41) is 12.7. The average molecular weight is 277 g/mol. The van der Waals surface area contributed by atoms with E-state index in [1.54, 1.807) is 24.3 Å². The molecule has 0 heterocycles. The first kappa shape index (κ1) is 14.0. The lowest BCUT2D eigenvalue weighted by molar-refractivity contribution is 0.373. The largest absolute Gasteiger partial charge is 0.504 e. The highest BCUT2D eigenvalue weighted by atomic mass is 19.1. The van der Waals surface area contributed by atoms with E-state index in [-0.39, 0.29) is 11.5 Å². The molecule has 0 spiro atoms. The Labute approximate surface area is 116 Å². The highest BCUT2D eigenvalue weighted by Crippen LogP contribution is 2.27. The summed E-state index contributed by atoms with van der Waals surface area (Å²) in [6, 6.07) is 9.76. The molecule has 0 atom stereocenters. The molecule has 0 amide bonds. The van der Waals surface area contributed by atoms with E-state index in [2.05, 4.69) is 5.32 Å². The maximum Gasteiger partial charge on any atom is 0.167 e. The molecule has 0 saturated carbocycles. The summed E-state index contributed by atoms with van der Waals surface area (Å²) in [6.45, 7) is 0.462. The highest BCUT2D eigenvalue weighted by molar-refractivity contribution is 5.49. The van der Waals surface area contributed by atoms with E-state index in [4.69, 9.17) is 9.47 Å². The van der Waals surface area contributed by atoms with Gasteiger partial charge in [0, 0.05) is 18.3 Å². The van der Waals surface area contributed by atoms with Crippen molar-refractivity contribution in [2.45, 2.75) is 6.54 Å². The third-order valence-corrected chi connectivity index (χ3v) is 2.89. The third kappa shape index (κ3) is 3.12. The molecule has 2 rings (SSSR count). The van der Waals surface area contributed by atoms with Crippen molar-refractivity contribution in [2.24, 2.45) is 0 Å². The van der Waals surface area contributed by atoms with Gasteiger partial charge < -0.3 is 19.9 Å². The van der Waals surface area contributed by atoms with Gasteiger partial charge >= 0.3 is 0 Å². The molecule has 0 unspecified atom stereocenters. The number of benzene rings is 2. The Morgan fingerprint density at radius 3 is 2.35 bits per heavy atom. The van der Waals surface area contributed by atoms with Crippen molar-refractivity contribution in [3.05, 3.63) is 47.8 Å². The maximum absolute atomic E-state index is 13.5. The molecule has 0 aliphatic heterocycles. The number of methoxy groups -OCH3 is 2. The van der Waals surface area contributed by atoms with Crippen LogP contribution in [-0.4, -0.2) is 19.3 Å². The molecule has 2 aromatic rings. The summed E-state index contributed by atoms with van der Waals surface area (Å²) >= 11 is 0. The number of rotatable bonds is 5. The third-order valence-electron chi connectivity index (χ3n) is 2.89. The molecular formula is C15H16FNO3. The SMILES string of the molecule is COc1ccc(CNc2ccc(OC)c(F)c2)cc1O. The van der Waals surface area contributed by atoms with Gasteiger partial charge in [0.05, 0.1) is 14.2 Å². The Morgan fingerprint density at radius 1 is 1.05 bits per heavy atom. The molecule has 2 N–H and O–H groups in total. The van der Waals surface area contributed by atoms with E-state index in [0.29, 0.717) is 18.0 Å². The van der Waals surface area contributed by atoms with Gasteiger partial charge in [-0.15, -0.1) is 0 Å². The van der Waals surface area contributed by atoms with Crippen molar-refractivity contribution < 1.29 is 19.0 Å². The number of aromatic hydroxyl groups is 1. The van der Waals surface area contributed by atoms with Gasteiger partial charge in [-0.05, 0) is 29.8 Å². The normalized spacial score (nSPS) is 10.2. The predicted molar refractivity (Wildman–Crippen MR) is 74.9 cm³/mol. The number of phenolic OH excluding ortho intramolecular Hbond substituents is 1. The van der Waals surface area contributed by atoms with Crippen molar-refractivity contribution in [1.82, 2.24) is 0 Å². The van der Waals surface area contributed by atoms with Crippen LogP contribution in [0.25, 0.3) is 0 Å². The fourth-order valence-electron chi connectivity index (χ4n) is 1.83. The molecule has 5 heteroatoms. The number of ether oxygens (including phenoxy) is 2. The zero-order valence-corrected chi connectivity index (χ0v) is 11.3. The standard InChI is InChI=1S/C15H16FNO3/c1-19-14-6-4-11(8-12(14)16)17-9-10-3-5-15(20-2)13(18)7-10/h3-8,17-18H,9H2,1-2H3. The van der Waals surface area contributed by atoms with Gasteiger partial charge in [0.2, 0.25) is 0 Å². The van der Waals surface area contributed by atoms with Crippen molar-refractivity contribution >= 4 is 5.69 Å². The van der Waals surface area contributed by atoms with Crippen molar-refractivity contribution in [3.8, 4) is 17.2 Å². The first-order chi connectivity index (χ1) is 9.63. The Hall–Kier alpha value is -2.43. The predicted octanol–water partition coefficient (Wildman–Crippen LogP) is 3.16. The van der Waals surface area contributed by atoms with Crippen molar-refractivity contribution in [1.29, 1.82) is 0 Å². The summed E-state index contributed by atoms with van der Waals surface area (Å²) in [4.78, 5) is 0. The number of anilines is 1. The van der Waals surface area contributed by atoms with Crippen LogP contribution in [0.2, 0.25) is 0 Å². The molecule has 0 aromatic heterocycles. The van der Waals surface area contributed by atoms with Crippen LogP contribution < -0.4 is 14.8 Å². The Kier molecular flexibility index (Phi) is 4.30. The van der Waals surface area contributed by atoms with Gasteiger partial charge in [-0.1, -0.05) is 6.07 Å². The molecule has 106 valence electrons. The second kappa shape index (κ2) is 6.14. The minimum Gasteiger partial charge on any atom is -0.504 e. The molecule has 4 nitrogen and oxygen atoms in total. The van der Waals surface area contributed by atoms with Crippen LogP contribution in [0.15, 0.2) is 36.4 Å². The zero-order chi connectivity index (χ0) is 14.5. The summed E-state index contributed by atoms with van der Waals surface area (Å²) in [5.74, 6) is 0.282. The van der Waals surface area contributed by atoms with Gasteiger partial charge in [-0.25, -0.2) is 4.39 Å². The minimum atomic E-state index is -0.421. The summed E-state index contributed by atoms with van der Waals surface area (Å²) in [6.07, 6.45) is 0. The van der Waals surface area contributed by atoms with Crippen LogP contribution in [0, 0.1) is 5.82 Å². The monoisotopic (exact) mass is 277 g/mol. The number of halogens is 1. The summed E-state index contributed by atoms with van der Waals surface area (Å²) in [7, 11) is 2.92. The molecule has 0 radical (unpaired) electrons. The number of phenols is 1. The van der Waals surface area contributed by atoms with Gasteiger partial charge in [0.15, 0.2) is 23.1 Å². The van der Waals surface area contributed by atoms with Crippen LogP contribution >= 0.6 is 0 Å². The quantitative estimate of drug-likeness (QED) is 0.881. The van der Waals surface area contributed by atoms with Crippen LogP contribution in [0.4, 0.5) is 10.1 Å². The minimum absolute atomic E-state index is 0.0766. The highest BCUT2D eigenvalue weighted by Gasteiger charge is 2.05. The Balaban J connectivity index is 2.05. The van der Waals surface area contributed by atoms with E-state index in [9.17, 15) is 9.50 Å². The first-order valence-electron chi connectivity index (χ1n) is 6.07. The van der Waals surface area contributed by atoms with E-state index in [1.807, 2.05) is 6.07 Å². The van der Waals surface area contributed by atoms with E-state index in [0.717, 1.165) is 5.56 Å². The molecular weight excluding hydrogens is 261 g/mol. The van der Waals surface area contributed by atoms with Crippen LogP contribution in [0.5, 0.6) is 17.2 Å². The second-order valence-corrected chi connectivity index (χ2v) is 4.21. The molecule has 0 fully saturated rings. The van der Waals surface area contributed by atoms with E-state index in [1.165, 1.54) is 20.3 Å². The number of hydrogen-bond donors (Lipinski definition) is 2. The zero-order valence-electron chi connectivity index (χ0n) is 11.3. The Morgan fingerprint density at radius 2 is 1.75 bits per heavy atom. The molecule has 0 aliphatic carbocycles. The lowest BCUT2D eigenvalue weighted by Gasteiger charge is -2.10. The van der Waals surface area contributed by atoms with Gasteiger partial charge in [0.25, 0.3) is 0 Å². The maximum atomic E-state index is 13.5. The molecule has 20 heavy (non-hydrogen) atoms. The smallest absolute Gasteiger partial charge is 0.167 e. The van der Waals surface area contributed by atoms with Crippen molar-refractivity contribution in [2.75, 3.05) is 19.5 Å². The first-order valence-corrected chi connectivity index (χ1v) is 6.07. The topological polar surface area (TPSA) is 50.7 Å². The second-order valence-electron chi connectivity index (χ2n) is 4.21.